The zero-order chi connectivity index (χ0) is 39.2. The zero-order valence-electron chi connectivity index (χ0n) is 31.3. The van der Waals surface area contributed by atoms with Crippen LogP contribution in [0.15, 0.2) is 79.1 Å². The lowest BCUT2D eigenvalue weighted by Crippen LogP contribution is -2.52. The number of methoxy groups -OCH3 is 1. The molecule has 1 saturated carbocycles. The number of benzene rings is 3. The van der Waals surface area contributed by atoms with E-state index in [4.69, 9.17) is 46.9 Å². The van der Waals surface area contributed by atoms with Gasteiger partial charge < -0.3 is 29.2 Å². The summed E-state index contributed by atoms with van der Waals surface area (Å²) in [6.07, 6.45) is 6.06. The van der Waals surface area contributed by atoms with Gasteiger partial charge in [-0.3, -0.25) is 10.2 Å². The highest BCUT2D eigenvalue weighted by molar-refractivity contribution is 6.35. The van der Waals surface area contributed by atoms with Crippen LogP contribution < -0.4 is 24.5 Å². The van der Waals surface area contributed by atoms with Crippen LogP contribution in [0.25, 0.3) is 0 Å². The molecule has 15 heteroatoms. The van der Waals surface area contributed by atoms with Crippen LogP contribution in [0.2, 0.25) is 10.0 Å². The number of halogens is 4. The van der Waals surface area contributed by atoms with Gasteiger partial charge in [0.05, 0.1) is 19.3 Å². The number of carbonyl (C=O) groups is 2. The Morgan fingerprint density at radius 3 is 2.37 bits per heavy atom. The average Bonchev–Trinajstić information content (AvgIpc) is 4.04. The monoisotopic (exact) mass is 827 g/mol. The molecule has 1 aliphatic carbocycles. The first kappa shape index (κ1) is 42.1. The van der Waals surface area contributed by atoms with E-state index in [1.54, 1.807) is 55.9 Å². The largest absolute Gasteiger partial charge is 0.870 e. The molecule has 4 aromatic rings. The normalized spacial score (nSPS) is 19.6. The molecule has 8 rings (SSSR count). The van der Waals surface area contributed by atoms with Gasteiger partial charge in [-0.2, -0.15) is 8.78 Å². The number of ether oxygens (including phenoxy) is 5. The van der Waals surface area contributed by atoms with Gasteiger partial charge in [-0.25, -0.2) is 14.6 Å². The molecule has 11 nitrogen and oxygen atoms in total. The minimum absolute atomic E-state index is 0. The number of alkyl halides is 2. The molecule has 3 N–H and O–H groups in total. The molecule has 0 amide bonds. The summed E-state index contributed by atoms with van der Waals surface area (Å²) >= 11 is 13.0. The number of carbonyl (C=O) groups excluding carboxylic acids is 2. The van der Waals surface area contributed by atoms with E-state index in [0.717, 1.165) is 45.3 Å². The summed E-state index contributed by atoms with van der Waals surface area (Å²) in [7, 11) is 1.56. The summed E-state index contributed by atoms with van der Waals surface area (Å²) in [6, 6.07) is 17.8. The first-order valence-electron chi connectivity index (χ1n) is 18.8. The molecule has 4 heterocycles. The topological polar surface area (TPSA) is 140 Å². The third-order valence-corrected chi connectivity index (χ3v) is 11.3. The van der Waals surface area contributed by atoms with Crippen molar-refractivity contribution < 1.29 is 52.5 Å². The van der Waals surface area contributed by atoms with Crippen LogP contribution in [-0.4, -0.2) is 68.4 Å². The number of pyridine rings is 1. The van der Waals surface area contributed by atoms with Crippen LogP contribution >= 0.6 is 23.2 Å². The molecule has 2 bridgehead atoms. The molecule has 3 aromatic carbocycles. The van der Waals surface area contributed by atoms with Gasteiger partial charge in [0.25, 0.3) is 0 Å². The number of para-hydroxylation sites is 1. The number of nitrogens with one attached hydrogen (secondary N) is 2. The molecule has 4 aliphatic rings. The Bertz CT molecular complexity index is 1990. The van der Waals surface area contributed by atoms with Gasteiger partial charge in [0.2, 0.25) is 0 Å². The summed E-state index contributed by atoms with van der Waals surface area (Å²) in [6.45, 7) is 0.272. The standard InChI is InChI=1S/C42H43Cl2F2N3O7.H2O/c1-52-34-8-3-2-7-30(34)39(41(51)55-38-23-49-15-13-27(38)14-16-49)48-20-26-5-4-6-29(17-26)40(50)54-36(19-31-32(43)21-47-22-33(31)44)28-11-12-35(56-42(45)46)37(18-28)53-24-25-9-10-25;/h2-8,11-12,17-18,21-22,25,27,36,38-39,42,48H,9-10,13-16,19-20,23-24H2,1H3;1H2/t36-,38-,39?;/m0./s1. The number of rotatable bonds is 17. The van der Waals surface area contributed by atoms with Crippen molar-refractivity contribution in [2.45, 2.75) is 63.5 Å². The smallest absolute Gasteiger partial charge is 0.387 e. The minimum Gasteiger partial charge on any atom is -0.870 e. The average molecular weight is 829 g/mol. The molecule has 3 aliphatic heterocycles. The maximum atomic E-state index is 13.9. The lowest BCUT2D eigenvalue weighted by molar-refractivity contribution is -0.377. The lowest BCUT2D eigenvalue weighted by Gasteiger charge is -2.44. The SMILES string of the molecule is COc1ccccc1C(NCc1cccc(C(=O)O[C@@H](Cc2c(Cl)c[nH+]cc2Cl)c2ccc(OC(F)F)c(OCC3CC3)c2)c1)C(=O)O[C@H]1CN2CCC1CC2.[OH-]. The molecule has 1 unspecified atom stereocenters. The molecular formula is C42H45Cl2F2N3O8. The van der Waals surface area contributed by atoms with E-state index >= 15 is 0 Å². The maximum Gasteiger partial charge on any atom is 0.387 e. The number of aromatic amines is 1. The van der Waals surface area contributed by atoms with Crippen LogP contribution in [0.1, 0.15) is 70.4 Å². The Hall–Kier alpha value is -4.53. The van der Waals surface area contributed by atoms with Crippen molar-refractivity contribution in [3.63, 3.8) is 0 Å². The quantitative estimate of drug-likeness (QED) is 0.106. The number of piperidine rings is 3. The van der Waals surface area contributed by atoms with E-state index in [9.17, 15) is 18.4 Å². The van der Waals surface area contributed by atoms with Crippen LogP contribution in [-0.2, 0) is 27.2 Å². The fourth-order valence-electron chi connectivity index (χ4n) is 7.32. The van der Waals surface area contributed by atoms with Crippen molar-refractivity contribution >= 4 is 35.1 Å². The van der Waals surface area contributed by atoms with Crippen LogP contribution in [0.4, 0.5) is 8.78 Å². The number of hydrogen-bond acceptors (Lipinski definition) is 10. The molecule has 0 radical (unpaired) electrons. The molecule has 4 fully saturated rings. The second-order valence-corrected chi connectivity index (χ2v) is 15.3. The number of nitrogens with zero attached hydrogens (tertiary/aromatic N) is 1. The first-order valence-corrected chi connectivity index (χ1v) is 19.5. The van der Waals surface area contributed by atoms with Gasteiger partial charge in [0.1, 0.15) is 34.0 Å². The Morgan fingerprint density at radius 2 is 1.68 bits per heavy atom. The number of fused-ring (bicyclic) bond motifs is 3. The van der Waals surface area contributed by atoms with Crippen LogP contribution in [0.3, 0.4) is 0 Å². The van der Waals surface area contributed by atoms with Crippen molar-refractivity contribution in [1.82, 2.24) is 10.2 Å². The third-order valence-electron chi connectivity index (χ3n) is 10.6. The number of hydrogen-bond donors (Lipinski definition) is 1. The molecule has 304 valence electrons. The predicted octanol–water partition coefficient (Wildman–Crippen LogP) is 7.64. The Balaban J connectivity index is 0.00000549. The van der Waals surface area contributed by atoms with E-state index in [-0.39, 0.29) is 41.6 Å². The third kappa shape index (κ3) is 10.7. The second-order valence-electron chi connectivity index (χ2n) is 14.4. The van der Waals surface area contributed by atoms with E-state index in [1.807, 2.05) is 24.3 Å². The molecule has 1 aromatic heterocycles. The molecule has 0 spiro atoms. The molecule has 57 heavy (non-hydrogen) atoms. The Labute approximate surface area is 339 Å². The van der Waals surface area contributed by atoms with Crippen molar-refractivity contribution in [2.75, 3.05) is 33.4 Å². The molecular weight excluding hydrogens is 783 g/mol. The summed E-state index contributed by atoms with van der Waals surface area (Å²) < 4.78 is 55.2. The van der Waals surface area contributed by atoms with E-state index in [2.05, 4.69) is 15.2 Å². The minimum atomic E-state index is -3.06. The van der Waals surface area contributed by atoms with Crippen molar-refractivity contribution in [3.05, 3.63) is 117 Å². The van der Waals surface area contributed by atoms with E-state index < -0.39 is 30.7 Å². The summed E-state index contributed by atoms with van der Waals surface area (Å²) in [5.41, 5.74) is 2.58. The van der Waals surface area contributed by atoms with Crippen molar-refractivity contribution in [3.8, 4) is 17.2 Å². The number of H-pyrrole nitrogens is 1. The van der Waals surface area contributed by atoms with Gasteiger partial charge in [-0.05, 0) is 92.1 Å². The van der Waals surface area contributed by atoms with Crippen LogP contribution in [0.5, 0.6) is 17.2 Å². The predicted molar refractivity (Wildman–Crippen MR) is 206 cm³/mol. The highest BCUT2D eigenvalue weighted by atomic mass is 35.5. The van der Waals surface area contributed by atoms with Crippen molar-refractivity contribution in [2.24, 2.45) is 11.8 Å². The highest BCUT2D eigenvalue weighted by Crippen LogP contribution is 2.38. The number of esters is 2. The van der Waals surface area contributed by atoms with E-state index in [0.29, 0.717) is 56.5 Å². The molecule has 3 saturated heterocycles. The number of aromatic nitrogens is 1. The summed E-state index contributed by atoms with van der Waals surface area (Å²) in [5.74, 6) is 0.166. The maximum absolute atomic E-state index is 13.9. The van der Waals surface area contributed by atoms with Crippen molar-refractivity contribution in [1.29, 1.82) is 0 Å². The van der Waals surface area contributed by atoms with Gasteiger partial charge in [-0.1, -0.05) is 59.6 Å². The fraction of sp³-hybridized carbons (Fsp3) is 0.405. The van der Waals surface area contributed by atoms with Gasteiger partial charge in [-0.15, -0.1) is 0 Å². The zero-order valence-corrected chi connectivity index (χ0v) is 32.8. The Morgan fingerprint density at radius 1 is 0.930 bits per heavy atom. The van der Waals surface area contributed by atoms with Gasteiger partial charge in [0, 0.05) is 30.6 Å². The highest BCUT2D eigenvalue weighted by Gasteiger charge is 2.38. The fourth-order valence-corrected chi connectivity index (χ4v) is 7.85. The summed E-state index contributed by atoms with van der Waals surface area (Å²) in [5, 5.41) is 4.01. The van der Waals surface area contributed by atoms with Gasteiger partial charge >= 0.3 is 18.6 Å². The Kier molecular flexibility index (Phi) is 14.2. The van der Waals surface area contributed by atoms with Gasteiger partial charge in [0.15, 0.2) is 23.9 Å². The summed E-state index contributed by atoms with van der Waals surface area (Å²) in [4.78, 5) is 33.0. The first-order chi connectivity index (χ1) is 27.1. The second kappa shape index (κ2) is 19.3. The molecule has 3 atom stereocenters. The van der Waals surface area contributed by atoms with Crippen LogP contribution in [0, 0.1) is 11.8 Å². The van der Waals surface area contributed by atoms with E-state index in [1.165, 1.54) is 6.07 Å². The lowest BCUT2D eigenvalue weighted by atomic mass is 9.86.